The molecular weight excluding hydrogens is 236 g/mol. The molecule has 0 bridgehead atoms. The van der Waals surface area contributed by atoms with Crippen LogP contribution >= 0.6 is 0 Å². The first-order chi connectivity index (χ1) is 7.98. The van der Waals surface area contributed by atoms with Gasteiger partial charge in [-0.3, -0.25) is 0 Å². The minimum atomic E-state index is -4.53. The van der Waals surface area contributed by atoms with E-state index < -0.39 is 23.6 Å². The van der Waals surface area contributed by atoms with Gasteiger partial charge in [0.25, 0.3) is 0 Å². The third-order valence-corrected chi connectivity index (χ3v) is 2.74. The quantitative estimate of drug-likeness (QED) is 0.743. The molecule has 1 aromatic carbocycles. The lowest BCUT2D eigenvalue weighted by atomic mass is 9.98. The molecule has 2 nitrogen and oxygen atoms in total. The van der Waals surface area contributed by atoms with Crippen LogP contribution in [0.5, 0.6) is 0 Å². The van der Waals surface area contributed by atoms with Crippen molar-refractivity contribution in [2.24, 2.45) is 0 Å². The Morgan fingerprint density at radius 3 is 2.53 bits per heavy atom. The molecule has 2 N–H and O–H groups in total. The molecule has 1 aliphatic heterocycles. The number of piperazine rings is 1. The van der Waals surface area contributed by atoms with Crippen molar-refractivity contribution >= 4 is 0 Å². The molecule has 1 fully saturated rings. The fraction of sp³-hybridized carbons (Fsp3) is 0.455. The van der Waals surface area contributed by atoms with E-state index >= 15 is 0 Å². The fourth-order valence-corrected chi connectivity index (χ4v) is 1.95. The second-order valence-corrected chi connectivity index (χ2v) is 3.94. The van der Waals surface area contributed by atoms with Gasteiger partial charge in [-0.1, -0.05) is 6.07 Å². The van der Waals surface area contributed by atoms with E-state index in [0.29, 0.717) is 19.2 Å². The average molecular weight is 248 g/mol. The van der Waals surface area contributed by atoms with Gasteiger partial charge in [-0.25, -0.2) is 4.39 Å². The highest BCUT2D eigenvalue weighted by Gasteiger charge is 2.35. The molecule has 0 aliphatic carbocycles. The normalized spacial score (nSPS) is 21.5. The zero-order chi connectivity index (χ0) is 12.5. The molecule has 0 amide bonds. The summed E-state index contributed by atoms with van der Waals surface area (Å²) in [4.78, 5) is 0. The predicted molar refractivity (Wildman–Crippen MR) is 55.0 cm³/mol. The van der Waals surface area contributed by atoms with Crippen LogP contribution in [0.25, 0.3) is 0 Å². The number of benzene rings is 1. The summed E-state index contributed by atoms with van der Waals surface area (Å²) in [5, 5.41) is 5.99. The summed E-state index contributed by atoms with van der Waals surface area (Å²) < 4.78 is 51.2. The zero-order valence-corrected chi connectivity index (χ0v) is 8.94. The number of halogens is 4. The van der Waals surface area contributed by atoms with Crippen molar-refractivity contribution in [1.29, 1.82) is 0 Å². The van der Waals surface area contributed by atoms with Crippen molar-refractivity contribution in [3.63, 3.8) is 0 Å². The number of alkyl halides is 3. The Morgan fingerprint density at radius 2 is 1.94 bits per heavy atom. The molecule has 0 saturated carbocycles. The Bertz CT molecular complexity index is 397. The molecule has 0 unspecified atom stereocenters. The first kappa shape index (κ1) is 12.3. The lowest BCUT2D eigenvalue weighted by Crippen LogP contribution is -2.43. The summed E-state index contributed by atoms with van der Waals surface area (Å²) in [6.45, 7) is 1.73. The monoisotopic (exact) mass is 248 g/mol. The maximum absolute atomic E-state index is 12.9. The SMILES string of the molecule is Fc1ccc([C@H]2CNCCN2)c(C(F)(F)F)c1. The molecule has 17 heavy (non-hydrogen) atoms. The lowest BCUT2D eigenvalue weighted by Gasteiger charge is -2.27. The first-order valence-corrected chi connectivity index (χ1v) is 5.29. The minimum Gasteiger partial charge on any atom is -0.314 e. The van der Waals surface area contributed by atoms with Crippen molar-refractivity contribution < 1.29 is 17.6 Å². The third-order valence-electron chi connectivity index (χ3n) is 2.74. The molecule has 1 aromatic rings. The van der Waals surface area contributed by atoms with Gasteiger partial charge in [0.2, 0.25) is 0 Å². The van der Waals surface area contributed by atoms with Gasteiger partial charge in [0.1, 0.15) is 5.82 Å². The molecule has 1 saturated heterocycles. The standard InChI is InChI=1S/C11H12F4N2/c12-7-1-2-8(9(5-7)11(13,14)15)10-6-16-3-4-17-10/h1-2,5,10,16-17H,3-4,6H2/t10-/m1/s1. The van der Waals surface area contributed by atoms with Gasteiger partial charge in [-0.15, -0.1) is 0 Å². The summed E-state index contributed by atoms with van der Waals surface area (Å²) in [7, 11) is 0. The Labute approximate surface area is 96.0 Å². The third kappa shape index (κ3) is 2.76. The summed E-state index contributed by atoms with van der Waals surface area (Å²) >= 11 is 0. The molecule has 2 rings (SSSR count). The predicted octanol–water partition coefficient (Wildman–Crippen LogP) is 2.08. The summed E-state index contributed by atoms with van der Waals surface area (Å²) in [5.41, 5.74) is -0.815. The highest BCUT2D eigenvalue weighted by molar-refractivity contribution is 5.33. The number of rotatable bonds is 1. The van der Waals surface area contributed by atoms with E-state index in [1.165, 1.54) is 6.07 Å². The molecule has 1 atom stereocenters. The molecule has 0 spiro atoms. The van der Waals surface area contributed by atoms with E-state index in [1.807, 2.05) is 0 Å². The van der Waals surface area contributed by atoms with Gasteiger partial charge >= 0.3 is 6.18 Å². The van der Waals surface area contributed by atoms with Gasteiger partial charge in [0, 0.05) is 25.7 Å². The van der Waals surface area contributed by atoms with Crippen LogP contribution in [-0.4, -0.2) is 19.6 Å². The number of hydrogen-bond acceptors (Lipinski definition) is 2. The van der Waals surface area contributed by atoms with Crippen LogP contribution < -0.4 is 10.6 Å². The maximum Gasteiger partial charge on any atom is 0.416 e. The molecule has 1 aliphatic rings. The largest absolute Gasteiger partial charge is 0.416 e. The van der Waals surface area contributed by atoms with Crippen LogP contribution in [0.2, 0.25) is 0 Å². The fourth-order valence-electron chi connectivity index (χ4n) is 1.95. The smallest absolute Gasteiger partial charge is 0.314 e. The average Bonchev–Trinajstić information content (AvgIpc) is 2.29. The topological polar surface area (TPSA) is 24.1 Å². The van der Waals surface area contributed by atoms with Gasteiger partial charge in [0.15, 0.2) is 0 Å². The molecule has 0 aromatic heterocycles. The van der Waals surface area contributed by atoms with E-state index in [0.717, 1.165) is 12.6 Å². The number of nitrogens with one attached hydrogen (secondary N) is 2. The Balaban J connectivity index is 2.38. The van der Waals surface area contributed by atoms with Crippen molar-refractivity contribution in [3.05, 3.63) is 35.1 Å². The maximum atomic E-state index is 12.9. The van der Waals surface area contributed by atoms with E-state index in [-0.39, 0.29) is 5.56 Å². The summed E-state index contributed by atoms with van der Waals surface area (Å²) in [6.07, 6.45) is -4.53. The lowest BCUT2D eigenvalue weighted by molar-refractivity contribution is -0.138. The van der Waals surface area contributed by atoms with Gasteiger partial charge < -0.3 is 10.6 Å². The molecular formula is C11H12F4N2. The van der Waals surface area contributed by atoms with Gasteiger partial charge in [-0.2, -0.15) is 13.2 Å². The molecule has 0 radical (unpaired) electrons. The number of hydrogen-bond donors (Lipinski definition) is 2. The zero-order valence-electron chi connectivity index (χ0n) is 8.94. The summed E-state index contributed by atoms with van der Waals surface area (Å²) in [5.74, 6) is -0.871. The van der Waals surface area contributed by atoms with Crippen molar-refractivity contribution in [3.8, 4) is 0 Å². The van der Waals surface area contributed by atoms with E-state index in [1.54, 1.807) is 0 Å². The van der Waals surface area contributed by atoms with Crippen molar-refractivity contribution in [2.45, 2.75) is 12.2 Å². The Hall–Kier alpha value is -1.14. The van der Waals surface area contributed by atoms with Crippen molar-refractivity contribution in [1.82, 2.24) is 10.6 Å². The van der Waals surface area contributed by atoms with E-state index in [4.69, 9.17) is 0 Å². The molecule has 6 heteroatoms. The van der Waals surface area contributed by atoms with Crippen LogP contribution in [0.15, 0.2) is 18.2 Å². The van der Waals surface area contributed by atoms with Crippen LogP contribution in [0.4, 0.5) is 17.6 Å². The second-order valence-electron chi connectivity index (χ2n) is 3.94. The Kier molecular flexibility index (Phi) is 3.35. The first-order valence-electron chi connectivity index (χ1n) is 5.29. The van der Waals surface area contributed by atoms with E-state index in [2.05, 4.69) is 10.6 Å². The van der Waals surface area contributed by atoms with Gasteiger partial charge in [0.05, 0.1) is 5.56 Å². The van der Waals surface area contributed by atoms with Crippen LogP contribution in [0.3, 0.4) is 0 Å². The van der Waals surface area contributed by atoms with Crippen molar-refractivity contribution in [2.75, 3.05) is 19.6 Å². The highest BCUT2D eigenvalue weighted by Crippen LogP contribution is 2.35. The molecule has 1 heterocycles. The van der Waals surface area contributed by atoms with Crippen LogP contribution in [0.1, 0.15) is 17.2 Å². The van der Waals surface area contributed by atoms with E-state index in [9.17, 15) is 17.6 Å². The van der Waals surface area contributed by atoms with Gasteiger partial charge in [-0.05, 0) is 17.7 Å². The molecule has 94 valence electrons. The second kappa shape index (κ2) is 4.62. The minimum absolute atomic E-state index is 0.0890. The van der Waals surface area contributed by atoms with Crippen LogP contribution in [0, 0.1) is 5.82 Å². The highest BCUT2D eigenvalue weighted by atomic mass is 19.4. The van der Waals surface area contributed by atoms with Crippen LogP contribution in [-0.2, 0) is 6.18 Å². The Morgan fingerprint density at radius 1 is 1.18 bits per heavy atom. The summed E-state index contributed by atoms with van der Waals surface area (Å²) in [6, 6.07) is 2.37.